The van der Waals surface area contributed by atoms with Gasteiger partial charge < -0.3 is 4.90 Å². The summed E-state index contributed by atoms with van der Waals surface area (Å²) in [5.41, 5.74) is 0.0101. The lowest BCUT2D eigenvalue weighted by Crippen LogP contribution is -2.21. The largest absolute Gasteiger partial charge is 0.352 e. The molecule has 0 saturated carbocycles. The minimum Gasteiger partial charge on any atom is -0.352 e. The van der Waals surface area contributed by atoms with Gasteiger partial charge in [-0.25, -0.2) is 4.98 Å². The molecule has 0 bridgehead atoms. The molecule has 0 aliphatic carbocycles. The molecule has 1 unspecified atom stereocenters. The van der Waals surface area contributed by atoms with Crippen molar-refractivity contribution in [3.05, 3.63) is 50.8 Å². The maximum Gasteiger partial charge on any atom is 0.287 e. The zero-order valence-electron chi connectivity index (χ0n) is 10.1. The van der Waals surface area contributed by atoms with Gasteiger partial charge in [0.1, 0.15) is 12.0 Å². The second-order valence-corrected chi connectivity index (χ2v) is 4.91. The van der Waals surface area contributed by atoms with E-state index in [2.05, 4.69) is 18.0 Å². The smallest absolute Gasteiger partial charge is 0.287 e. The van der Waals surface area contributed by atoms with E-state index in [9.17, 15) is 10.1 Å². The van der Waals surface area contributed by atoms with Gasteiger partial charge in [-0.2, -0.15) is 0 Å². The molecule has 2 aromatic rings. The number of rotatable bonds is 4. The van der Waals surface area contributed by atoms with Gasteiger partial charge in [-0.3, -0.25) is 10.1 Å². The highest BCUT2D eigenvalue weighted by Crippen LogP contribution is 2.27. The average Bonchev–Trinajstić information content (AvgIpc) is 2.91. The van der Waals surface area contributed by atoms with Crippen molar-refractivity contribution < 1.29 is 4.92 Å². The fraction of sp³-hybridized carbons (Fsp3) is 0.250. The molecule has 2 aromatic heterocycles. The van der Waals surface area contributed by atoms with Gasteiger partial charge in [0.25, 0.3) is 5.69 Å². The Morgan fingerprint density at radius 1 is 1.44 bits per heavy atom. The SMILES string of the molecule is CC(c1cccs1)N(C)c1ccc([N+](=O)[O-])cn1. The van der Waals surface area contributed by atoms with Crippen LogP contribution < -0.4 is 4.90 Å². The van der Waals surface area contributed by atoms with Crippen LogP contribution in [0.5, 0.6) is 0 Å². The lowest BCUT2D eigenvalue weighted by molar-refractivity contribution is -0.385. The number of nitro groups is 1. The number of hydrogen-bond acceptors (Lipinski definition) is 5. The van der Waals surface area contributed by atoms with Crippen molar-refractivity contribution in [2.24, 2.45) is 0 Å². The molecule has 94 valence electrons. The van der Waals surface area contributed by atoms with E-state index in [0.29, 0.717) is 0 Å². The molecule has 6 heteroatoms. The molecular formula is C12H13N3O2S. The predicted octanol–water partition coefficient (Wildman–Crippen LogP) is 3.25. The Bertz CT molecular complexity index is 525. The third-order valence-electron chi connectivity index (χ3n) is 2.84. The zero-order valence-corrected chi connectivity index (χ0v) is 10.9. The first-order valence-electron chi connectivity index (χ1n) is 5.46. The number of hydrogen-bond donors (Lipinski definition) is 0. The van der Waals surface area contributed by atoms with Crippen LogP contribution in [0.3, 0.4) is 0 Å². The minimum atomic E-state index is -0.445. The number of thiophene rings is 1. The Hall–Kier alpha value is -1.95. The van der Waals surface area contributed by atoms with Gasteiger partial charge in [0.2, 0.25) is 0 Å². The highest BCUT2D eigenvalue weighted by atomic mass is 32.1. The number of anilines is 1. The quantitative estimate of drug-likeness (QED) is 0.627. The van der Waals surface area contributed by atoms with Crippen LogP contribution >= 0.6 is 11.3 Å². The molecule has 0 saturated heterocycles. The maximum absolute atomic E-state index is 10.6. The second kappa shape index (κ2) is 5.14. The van der Waals surface area contributed by atoms with Crippen LogP contribution in [-0.4, -0.2) is 17.0 Å². The highest BCUT2D eigenvalue weighted by molar-refractivity contribution is 7.10. The first-order chi connectivity index (χ1) is 8.59. The van der Waals surface area contributed by atoms with E-state index in [1.165, 1.54) is 17.1 Å². The van der Waals surface area contributed by atoms with Gasteiger partial charge in [-0.05, 0) is 24.4 Å². The van der Waals surface area contributed by atoms with Crippen LogP contribution in [0.15, 0.2) is 35.8 Å². The van der Waals surface area contributed by atoms with Crippen molar-refractivity contribution in [3.8, 4) is 0 Å². The van der Waals surface area contributed by atoms with Gasteiger partial charge in [0.05, 0.1) is 11.0 Å². The molecule has 0 N–H and O–H groups in total. The summed E-state index contributed by atoms with van der Waals surface area (Å²) in [6, 6.07) is 7.41. The molecule has 5 nitrogen and oxygen atoms in total. The topological polar surface area (TPSA) is 59.3 Å². The van der Waals surface area contributed by atoms with E-state index in [1.807, 2.05) is 23.4 Å². The Morgan fingerprint density at radius 2 is 2.22 bits per heavy atom. The van der Waals surface area contributed by atoms with E-state index < -0.39 is 4.92 Å². The van der Waals surface area contributed by atoms with Crippen LogP contribution in [-0.2, 0) is 0 Å². The normalized spacial score (nSPS) is 12.1. The summed E-state index contributed by atoms with van der Waals surface area (Å²) in [5, 5.41) is 12.6. The predicted molar refractivity (Wildman–Crippen MR) is 72.0 cm³/mol. The molecule has 0 spiro atoms. The first-order valence-corrected chi connectivity index (χ1v) is 6.34. The van der Waals surface area contributed by atoms with E-state index in [1.54, 1.807) is 17.4 Å². The van der Waals surface area contributed by atoms with Crippen LogP contribution in [0.2, 0.25) is 0 Å². The molecule has 0 aliphatic rings. The van der Waals surface area contributed by atoms with Gasteiger partial charge in [0, 0.05) is 18.0 Å². The minimum absolute atomic E-state index is 0.0101. The Balaban J connectivity index is 2.18. The molecule has 2 heterocycles. The van der Waals surface area contributed by atoms with Crippen LogP contribution in [0.25, 0.3) is 0 Å². The molecule has 0 radical (unpaired) electrons. The molecule has 18 heavy (non-hydrogen) atoms. The lowest BCUT2D eigenvalue weighted by atomic mass is 10.2. The van der Waals surface area contributed by atoms with E-state index in [0.717, 1.165) is 5.82 Å². The van der Waals surface area contributed by atoms with E-state index >= 15 is 0 Å². The fourth-order valence-corrected chi connectivity index (χ4v) is 2.44. The molecular weight excluding hydrogens is 250 g/mol. The van der Waals surface area contributed by atoms with Gasteiger partial charge in [0.15, 0.2) is 0 Å². The van der Waals surface area contributed by atoms with E-state index in [-0.39, 0.29) is 11.7 Å². The number of nitrogens with zero attached hydrogens (tertiary/aromatic N) is 3. The van der Waals surface area contributed by atoms with Crippen molar-refractivity contribution in [1.82, 2.24) is 4.98 Å². The van der Waals surface area contributed by atoms with Crippen LogP contribution in [0.1, 0.15) is 17.8 Å². The van der Waals surface area contributed by atoms with Crippen molar-refractivity contribution >= 4 is 22.8 Å². The Kier molecular flexibility index (Phi) is 3.57. The van der Waals surface area contributed by atoms with Gasteiger partial charge >= 0.3 is 0 Å². The van der Waals surface area contributed by atoms with Crippen molar-refractivity contribution in [3.63, 3.8) is 0 Å². The summed E-state index contributed by atoms with van der Waals surface area (Å²) in [6.07, 6.45) is 1.28. The van der Waals surface area contributed by atoms with Crippen molar-refractivity contribution in [2.45, 2.75) is 13.0 Å². The van der Waals surface area contributed by atoms with Crippen LogP contribution in [0, 0.1) is 10.1 Å². The summed E-state index contributed by atoms with van der Waals surface area (Å²) in [5.74, 6) is 0.724. The zero-order chi connectivity index (χ0) is 13.1. The van der Waals surface area contributed by atoms with Crippen LogP contribution in [0.4, 0.5) is 11.5 Å². The molecule has 0 amide bonds. The molecule has 0 fully saturated rings. The Morgan fingerprint density at radius 3 is 2.72 bits per heavy atom. The maximum atomic E-state index is 10.6. The van der Waals surface area contributed by atoms with Gasteiger partial charge in [-0.15, -0.1) is 11.3 Å². The Labute approximate surface area is 109 Å². The number of pyridine rings is 1. The van der Waals surface area contributed by atoms with E-state index in [4.69, 9.17) is 0 Å². The lowest BCUT2D eigenvalue weighted by Gasteiger charge is -2.24. The average molecular weight is 263 g/mol. The third-order valence-corrected chi connectivity index (χ3v) is 3.88. The summed E-state index contributed by atoms with van der Waals surface area (Å²) < 4.78 is 0. The molecule has 0 aromatic carbocycles. The van der Waals surface area contributed by atoms with Crippen molar-refractivity contribution in [2.75, 3.05) is 11.9 Å². The standard InChI is InChI=1S/C12H13N3O2S/c1-9(11-4-3-7-18-11)14(2)12-6-5-10(8-13-12)15(16)17/h3-9H,1-2H3. The fourth-order valence-electron chi connectivity index (χ4n) is 1.61. The van der Waals surface area contributed by atoms with Crippen molar-refractivity contribution in [1.29, 1.82) is 0 Å². The molecule has 1 atom stereocenters. The number of aromatic nitrogens is 1. The van der Waals surface area contributed by atoms with Gasteiger partial charge in [-0.1, -0.05) is 6.07 Å². The molecule has 0 aliphatic heterocycles. The summed E-state index contributed by atoms with van der Waals surface area (Å²) in [6.45, 7) is 2.08. The third kappa shape index (κ3) is 2.48. The summed E-state index contributed by atoms with van der Waals surface area (Å²) in [4.78, 5) is 17.5. The monoisotopic (exact) mass is 263 g/mol. The first kappa shape index (κ1) is 12.5. The highest BCUT2D eigenvalue weighted by Gasteiger charge is 2.15. The molecule has 2 rings (SSSR count). The summed E-state index contributed by atoms with van der Waals surface area (Å²) in [7, 11) is 1.93. The summed E-state index contributed by atoms with van der Waals surface area (Å²) >= 11 is 1.68. The second-order valence-electron chi connectivity index (χ2n) is 3.93.